The van der Waals surface area contributed by atoms with Gasteiger partial charge in [-0.1, -0.05) is 44.2 Å². The highest BCUT2D eigenvalue weighted by molar-refractivity contribution is 8.00. The van der Waals surface area contributed by atoms with Gasteiger partial charge in [0, 0.05) is 36.4 Å². The predicted octanol–water partition coefficient (Wildman–Crippen LogP) is 6.99. The molecule has 1 fully saturated rings. The lowest BCUT2D eigenvalue weighted by atomic mass is 9.91. The number of carbonyl (C=O) groups excluding carboxylic acids is 1. The Kier molecular flexibility index (Phi) is 8.90. The molecule has 5 atom stereocenters. The second-order valence-corrected chi connectivity index (χ2v) is 11.6. The molecule has 1 amide bonds. The standard InChI is InChI=1S/C30H34FN3O4S/c1-18-13-24(16-32-15-18)19(2)5-6-21(4)33-28(23-9-12-27(35)26(14-23)34(37)38)29(30(33)36)39-17-20(3)22-7-10-25(31)11-8-22/h5-10,12,14-16,18,20,25,28-29,35H,11,13,17H2,1-4H3/b19-5+,21-6+/t18-,20-,25?,28+,29+/m0/s1. The van der Waals surface area contributed by atoms with Gasteiger partial charge in [0.1, 0.15) is 11.4 Å². The second-order valence-electron chi connectivity index (χ2n) is 10.4. The summed E-state index contributed by atoms with van der Waals surface area (Å²) in [4.78, 5) is 30.3. The zero-order valence-corrected chi connectivity index (χ0v) is 23.4. The first-order chi connectivity index (χ1) is 18.6. The quantitative estimate of drug-likeness (QED) is 0.154. The number of nitro groups is 1. The number of hydrogen-bond donors (Lipinski definition) is 1. The summed E-state index contributed by atoms with van der Waals surface area (Å²) in [5.41, 5.74) is 4.18. The number of aromatic hydroxyl groups is 1. The van der Waals surface area contributed by atoms with Crippen molar-refractivity contribution in [2.45, 2.75) is 58.0 Å². The van der Waals surface area contributed by atoms with E-state index < -0.39 is 33.8 Å². The smallest absolute Gasteiger partial charge is 0.311 e. The first-order valence-electron chi connectivity index (χ1n) is 13.1. The number of nitro benzene ring substituents is 1. The molecule has 4 rings (SSSR count). The number of hydrogen-bond acceptors (Lipinski definition) is 6. The van der Waals surface area contributed by atoms with Gasteiger partial charge in [-0.25, -0.2) is 4.39 Å². The van der Waals surface area contributed by atoms with Gasteiger partial charge in [0.05, 0.1) is 11.0 Å². The summed E-state index contributed by atoms with van der Waals surface area (Å²) < 4.78 is 13.5. The molecule has 1 aromatic carbocycles. The van der Waals surface area contributed by atoms with Gasteiger partial charge in [-0.05, 0) is 66.5 Å². The number of benzene rings is 1. The van der Waals surface area contributed by atoms with Crippen molar-refractivity contribution < 1.29 is 19.2 Å². The predicted molar refractivity (Wildman–Crippen MR) is 154 cm³/mol. The van der Waals surface area contributed by atoms with Gasteiger partial charge in [0.25, 0.3) is 0 Å². The number of halogens is 1. The van der Waals surface area contributed by atoms with Gasteiger partial charge >= 0.3 is 5.69 Å². The van der Waals surface area contributed by atoms with Gasteiger partial charge in [0.15, 0.2) is 5.75 Å². The number of likely N-dealkylation sites (tertiary alicyclic amines) is 1. The highest BCUT2D eigenvalue weighted by atomic mass is 32.2. The van der Waals surface area contributed by atoms with Crippen LogP contribution in [0.4, 0.5) is 10.1 Å². The normalized spacial score (nSPS) is 26.2. The number of phenolic OH excluding ortho intramolecular Hbond substituents is 1. The van der Waals surface area contributed by atoms with Crippen molar-refractivity contribution >= 4 is 29.6 Å². The number of amides is 1. The van der Waals surface area contributed by atoms with Crippen LogP contribution in [-0.2, 0) is 4.79 Å². The van der Waals surface area contributed by atoms with E-state index in [1.54, 1.807) is 17.0 Å². The minimum atomic E-state index is -0.956. The van der Waals surface area contributed by atoms with E-state index >= 15 is 0 Å². The van der Waals surface area contributed by atoms with Crippen LogP contribution in [0.1, 0.15) is 52.1 Å². The lowest BCUT2D eigenvalue weighted by Gasteiger charge is -2.47. The molecule has 0 bridgehead atoms. The number of phenols is 1. The number of carbonyl (C=O) groups is 1. The Labute approximate surface area is 232 Å². The number of allylic oxidation sites excluding steroid dienone is 9. The second kappa shape index (κ2) is 12.2. The molecule has 1 aliphatic carbocycles. The van der Waals surface area contributed by atoms with Crippen molar-refractivity contribution in [2.75, 3.05) is 5.75 Å². The van der Waals surface area contributed by atoms with Crippen LogP contribution < -0.4 is 0 Å². The molecule has 3 aliphatic rings. The van der Waals surface area contributed by atoms with E-state index in [1.165, 1.54) is 23.9 Å². The van der Waals surface area contributed by atoms with Gasteiger partial charge in [-0.3, -0.25) is 19.9 Å². The number of nitrogens with zero attached hydrogens (tertiary/aromatic N) is 3. The number of aliphatic imine (C=N–C) groups is 1. The van der Waals surface area contributed by atoms with Crippen LogP contribution in [0, 0.1) is 22.0 Å². The lowest BCUT2D eigenvalue weighted by molar-refractivity contribution is -0.386. The minimum Gasteiger partial charge on any atom is -0.502 e. The number of alkyl halides is 1. The molecule has 206 valence electrons. The molecule has 9 heteroatoms. The molecule has 0 radical (unpaired) electrons. The largest absolute Gasteiger partial charge is 0.502 e. The summed E-state index contributed by atoms with van der Waals surface area (Å²) in [5.74, 6) is 0.641. The average molecular weight is 552 g/mol. The van der Waals surface area contributed by atoms with E-state index in [9.17, 15) is 24.4 Å². The Morgan fingerprint density at radius 3 is 2.79 bits per heavy atom. The molecule has 1 aromatic rings. The Morgan fingerprint density at radius 2 is 2.13 bits per heavy atom. The summed E-state index contributed by atoms with van der Waals surface area (Å²) >= 11 is 1.50. The van der Waals surface area contributed by atoms with Gasteiger partial charge in [0.2, 0.25) is 5.91 Å². The molecule has 0 saturated carbocycles. The number of thioether (sulfide) groups is 1. The minimum absolute atomic E-state index is 0.0696. The van der Waals surface area contributed by atoms with E-state index in [1.807, 2.05) is 57.5 Å². The number of β-lactam (4-membered cyclic amide) rings is 1. The van der Waals surface area contributed by atoms with Crippen LogP contribution in [0.3, 0.4) is 0 Å². The van der Waals surface area contributed by atoms with Crippen molar-refractivity contribution in [3.63, 3.8) is 0 Å². The van der Waals surface area contributed by atoms with Gasteiger partial charge < -0.3 is 10.0 Å². The Hall–Kier alpha value is -3.46. The van der Waals surface area contributed by atoms with Crippen molar-refractivity contribution in [2.24, 2.45) is 16.8 Å². The molecule has 39 heavy (non-hydrogen) atoms. The molecule has 1 N–H and O–H groups in total. The third-order valence-electron chi connectivity index (χ3n) is 7.33. The van der Waals surface area contributed by atoms with Crippen molar-refractivity contribution in [1.29, 1.82) is 0 Å². The first-order valence-corrected chi connectivity index (χ1v) is 14.1. The van der Waals surface area contributed by atoms with E-state index in [4.69, 9.17) is 0 Å². The maximum atomic E-state index is 13.5. The topological polar surface area (TPSA) is 96.0 Å². The molecule has 2 heterocycles. The SMILES string of the molecule is C/C(=C\C=C(/C)N1C(=O)[C@H](SC[C@H](C)C2=CCC(F)C=C2)[C@H]1c1ccc(O)c([N+](=O)[O-])c1)C1=CN=C[C@@H](C)C1. The van der Waals surface area contributed by atoms with Crippen LogP contribution in [-0.4, -0.2) is 44.2 Å². The fourth-order valence-electron chi connectivity index (χ4n) is 4.96. The molecule has 1 saturated heterocycles. The zero-order valence-electron chi connectivity index (χ0n) is 22.6. The summed E-state index contributed by atoms with van der Waals surface area (Å²) in [5, 5.41) is 21.1. The van der Waals surface area contributed by atoms with Crippen molar-refractivity contribution in [3.05, 3.63) is 92.9 Å². The van der Waals surface area contributed by atoms with Crippen LogP contribution in [0.2, 0.25) is 0 Å². The van der Waals surface area contributed by atoms with E-state index in [0.29, 0.717) is 23.7 Å². The maximum Gasteiger partial charge on any atom is 0.311 e. The van der Waals surface area contributed by atoms with Crippen LogP contribution in [0.15, 0.2) is 82.2 Å². The Morgan fingerprint density at radius 1 is 1.36 bits per heavy atom. The molecule has 0 aromatic heterocycles. The Balaban J connectivity index is 1.58. The van der Waals surface area contributed by atoms with E-state index in [2.05, 4.69) is 11.9 Å². The van der Waals surface area contributed by atoms with E-state index in [-0.39, 0.29) is 11.8 Å². The van der Waals surface area contributed by atoms with Crippen LogP contribution in [0.5, 0.6) is 5.75 Å². The number of rotatable bonds is 9. The first kappa shape index (κ1) is 28.5. The fraction of sp³-hybridized carbons (Fsp3) is 0.400. The molecule has 1 unspecified atom stereocenters. The molecule has 7 nitrogen and oxygen atoms in total. The van der Waals surface area contributed by atoms with Crippen LogP contribution in [0.25, 0.3) is 0 Å². The fourth-order valence-corrected chi connectivity index (χ4v) is 6.37. The summed E-state index contributed by atoms with van der Waals surface area (Å²) in [6, 6.07) is 3.87. The average Bonchev–Trinajstić information content (AvgIpc) is 2.90. The third-order valence-corrected chi connectivity index (χ3v) is 8.84. The van der Waals surface area contributed by atoms with E-state index in [0.717, 1.165) is 28.8 Å². The zero-order chi connectivity index (χ0) is 28.3. The maximum absolute atomic E-state index is 13.5. The summed E-state index contributed by atoms with van der Waals surface area (Å²) in [6.45, 7) is 8.03. The molecular weight excluding hydrogens is 517 g/mol. The van der Waals surface area contributed by atoms with Crippen molar-refractivity contribution in [1.82, 2.24) is 4.90 Å². The third kappa shape index (κ3) is 6.41. The molecule has 0 spiro atoms. The summed E-state index contributed by atoms with van der Waals surface area (Å²) in [7, 11) is 0. The molecular formula is C30H34FN3O4S. The van der Waals surface area contributed by atoms with Gasteiger partial charge in [-0.15, -0.1) is 11.8 Å². The highest BCUT2D eigenvalue weighted by Gasteiger charge is 2.49. The molecule has 2 aliphatic heterocycles. The lowest BCUT2D eigenvalue weighted by Crippen LogP contribution is -2.56. The Bertz CT molecular complexity index is 1330. The van der Waals surface area contributed by atoms with Crippen LogP contribution >= 0.6 is 11.8 Å². The highest BCUT2D eigenvalue weighted by Crippen LogP contribution is 2.47. The summed E-state index contributed by atoms with van der Waals surface area (Å²) in [6.07, 6.45) is 13.2. The van der Waals surface area contributed by atoms with Crippen molar-refractivity contribution in [3.8, 4) is 5.75 Å². The monoisotopic (exact) mass is 551 g/mol. The van der Waals surface area contributed by atoms with Gasteiger partial charge in [-0.2, -0.15) is 0 Å².